The first kappa shape index (κ1) is 9.96. The zero-order chi connectivity index (χ0) is 10.8. The van der Waals surface area contributed by atoms with Gasteiger partial charge in [-0.25, -0.2) is 4.79 Å². The third kappa shape index (κ3) is 1.93. The molecule has 1 aromatic heterocycles. The van der Waals surface area contributed by atoms with Gasteiger partial charge in [0.25, 0.3) is 0 Å². The smallest absolute Gasteiger partial charge is 0.337 e. The van der Waals surface area contributed by atoms with Crippen LogP contribution < -0.4 is 5.73 Å². The quantitative estimate of drug-likeness (QED) is 0.776. The molecule has 0 atom stereocenters. The Bertz CT molecular complexity index is 384. The number of carbonyl (C=O) groups is 1. The first-order chi connectivity index (χ1) is 7.18. The van der Waals surface area contributed by atoms with Gasteiger partial charge in [0, 0.05) is 12.1 Å². The normalized spacial score (nSPS) is 16.8. The number of hydrogen-bond donors (Lipinski definition) is 2. The van der Waals surface area contributed by atoms with Crippen LogP contribution in [0.1, 0.15) is 47.7 Å². The predicted molar refractivity (Wildman–Crippen MR) is 56.8 cm³/mol. The minimum atomic E-state index is -0.979. The van der Waals surface area contributed by atoms with Crippen molar-refractivity contribution in [3.8, 4) is 0 Å². The van der Waals surface area contributed by atoms with E-state index >= 15 is 0 Å². The lowest BCUT2D eigenvalue weighted by atomic mass is 10.0. The van der Waals surface area contributed by atoms with Gasteiger partial charge in [0.1, 0.15) is 0 Å². The number of anilines is 1. The summed E-state index contributed by atoms with van der Waals surface area (Å²) in [5.41, 5.74) is 7.36. The molecule has 1 saturated carbocycles. The summed E-state index contributed by atoms with van der Waals surface area (Å²) >= 11 is 0. The maximum absolute atomic E-state index is 10.7. The number of rotatable bonds is 2. The van der Waals surface area contributed by atoms with E-state index in [0.29, 0.717) is 11.6 Å². The van der Waals surface area contributed by atoms with Crippen molar-refractivity contribution in [1.29, 1.82) is 0 Å². The Hall–Kier alpha value is -1.58. The molecule has 1 heterocycles. The van der Waals surface area contributed by atoms with Crippen LogP contribution in [-0.2, 0) is 0 Å². The summed E-state index contributed by atoms with van der Waals surface area (Å²) < 4.78 is 0. The van der Waals surface area contributed by atoms with Crippen LogP contribution in [0.15, 0.2) is 12.3 Å². The first-order valence-corrected chi connectivity index (χ1v) is 5.17. The third-order valence-electron chi connectivity index (χ3n) is 2.94. The number of carboxylic acid groups (broad SMARTS) is 1. The number of nitrogens with two attached hydrogens (primary N) is 1. The van der Waals surface area contributed by atoms with Crippen molar-refractivity contribution in [2.75, 3.05) is 5.73 Å². The van der Waals surface area contributed by atoms with Crippen molar-refractivity contribution >= 4 is 11.7 Å². The van der Waals surface area contributed by atoms with E-state index in [0.717, 1.165) is 18.5 Å². The topological polar surface area (TPSA) is 76.2 Å². The highest BCUT2D eigenvalue weighted by Crippen LogP contribution is 2.35. The Labute approximate surface area is 88.1 Å². The van der Waals surface area contributed by atoms with Crippen LogP contribution in [0.4, 0.5) is 5.69 Å². The zero-order valence-electron chi connectivity index (χ0n) is 8.44. The fraction of sp³-hybridized carbons (Fsp3) is 0.455. The molecule has 0 saturated heterocycles. The molecule has 0 spiro atoms. The second-order valence-corrected chi connectivity index (χ2v) is 3.98. The summed E-state index contributed by atoms with van der Waals surface area (Å²) in [5.74, 6) is -0.556. The number of aromatic nitrogens is 1. The summed E-state index contributed by atoms with van der Waals surface area (Å²) in [6.45, 7) is 0. The summed E-state index contributed by atoms with van der Waals surface area (Å²) in [6.07, 6.45) is 6.05. The van der Waals surface area contributed by atoms with Crippen LogP contribution in [-0.4, -0.2) is 16.1 Å². The fourth-order valence-corrected chi connectivity index (χ4v) is 2.15. The molecule has 0 bridgehead atoms. The number of nitrogen functional groups attached to an aromatic ring is 1. The number of hydrogen-bond acceptors (Lipinski definition) is 3. The minimum absolute atomic E-state index is 0.161. The van der Waals surface area contributed by atoms with Crippen molar-refractivity contribution in [3.05, 3.63) is 23.5 Å². The number of carboxylic acids is 1. The van der Waals surface area contributed by atoms with Gasteiger partial charge in [-0.2, -0.15) is 0 Å². The van der Waals surface area contributed by atoms with Gasteiger partial charge in [-0.15, -0.1) is 0 Å². The van der Waals surface area contributed by atoms with E-state index in [1.807, 2.05) is 0 Å². The fourth-order valence-electron chi connectivity index (χ4n) is 2.15. The third-order valence-corrected chi connectivity index (χ3v) is 2.94. The molecule has 0 radical (unpaired) electrons. The highest BCUT2D eigenvalue weighted by atomic mass is 16.4. The molecular weight excluding hydrogens is 192 g/mol. The van der Waals surface area contributed by atoms with Crippen LogP contribution in [0.25, 0.3) is 0 Å². The Kier molecular flexibility index (Phi) is 2.58. The molecular formula is C11H14N2O2. The molecule has 0 unspecified atom stereocenters. The maximum Gasteiger partial charge on any atom is 0.337 e. The van der Waals surface area contributed by atoms with Crippen LogP contribution in [0.2, 0.25) is 0 Å². The van der Waals surface area contributed by atoms with Crippen LogP contribution in [0.3, 0.4) is 0 Å². The van der Waals surface area contributed by atoms with Gasteiger partial charge in [0.05, 0.1) is 16.9 Å². The van der Waals surface area contributed by atoms with Crippen molar-refractivity contribution in [3.63, 3.8) is 0 Å². The molecule has 80 valence electrons. The number of aromatic carboxylic acids is 1. The molecule has 2 rings (SSSR count). The molecule has 1 aliphatic carbocycles. The average molecular weight is 206 g/mol. The Morgan fingerprint density at radius 3 is 2.67 bits per heavy atom. The second kappa shape index (κ2) is 3.88. The van der Waals surface area contributed by atoms with E-state index in [4.69, 9.17) is 10.8 Å². The summed E-state index contributed by atoms with van der Waals surface area (Å²) in [6, 6.07) is 1.50. The van der Waals surface area contributed by atoms with Gasteiger partial charge in [-0.3, -0.25) is 4.98 Å². The van der Waals surface area contributed by atoms with Crippen LogP contribution in [0, 0.1) is 0 Å². The van der Waals surface area contributed by atoms with E-state index in [-0.39, 0.29) is 5.56 Å². The van der Waals surface area contributed by atoms with Gasteiger partial charge in [-0.05, 0) is 18.9 Å². The van der Waals surface area contributed by atoms with Crippen molar-refractivity contribution in [1.82, 2.24) is 4.98 Å². The van der Waals surface area contributed by atoms with Gasteiger partial charge in [0.15, 0.2) is 0 Å². The molecule has 0 aliphatic heterocycles. The predicted octanol–water partition coefficient (Wildman–Crippen LogP) is 2.02. The van der Waals surface area contributed by atoms with Crippen molar-refractivity contribution in [2.24, 2.45) is 0 Å². The number of nitrogens with zero attached hydrogens (tertiary/aromatic N) is 1. The van der Waals surface area contributed by atoms with E-state index in [1.54, 1.807) is 0 Å². The maximum atomic E-state index is 10.7. The molecule has 15 heavy (non-hydrogen) atoms. The number of pyridine rings is 1. The highest BCUT2D eigenvalue weighted by Gasteiger charge is 2.21. The van der Waals surface area contributed by atoms with Gasteiger partial charge < -0.3 is 10.8 Å². The van der Waals surface area contributed by atoms with Crippen molar-refractivity contribution in [2.45, 2.75) is 31.6 Å². The molecule has 1 aliphatic rings. The summed E-state index contributed by atoms with van der Waals surface area (Å²) in [5, 5.41) is 8.77. The van der Waals surface area contributed by atoms with E-state index < -0.39 is 5.97 Å². The van der Waals surface area contributed by atoms with E-state index in [1.165, 1.54) is 25.1 Å². The largest absolute Gasteiger partial charge is 0.478 e. The SMILES string of the molecule is Nc1cc(C(=O)O)cnc1C1CCCC1. The Balaban J connectivity index is 2.29. The molecule has 4 heteroatoms. The molecule has 3 N–H and O–H groups in total. The van der Waals surface area contributed by atoms with E-state index in [9.17, 15) is 4.79 Å². The van der Waals surface area contributed by atoms with E-state index in [2.05, 4.69) is 4.98 Å². The summed E-state index contributed by atoms with van der Waals surface area (Å²) in [4.78, 5) is 14.9. The van der Waals surface area contributed by atoms with Crippen LogP contribution in [0.5, 0.6) is 0 Å². The summed E-state index contributed by atoms with van der Waals surface area (Å²) in [7, 11) is 0. The van der Waals surface area contributed by atoms with Gasteiger partial charge in [0.2, 0.25) is 0 Å². The monoisotopic (exact) mass is 206 g/mol. The average Bonchev–Trinajstić information content (AvgIpc) is 2.70. The Morgan fingerprint density at radius 2 is 2.13 bits per heavy atom. The lowest BCUT2D eigenvalue weighted by molar-refractivity contribution is 0.0696. The van der Waals surface area contributed by atoms with Crippen LogP contribution >= 0.6 is 0 Å². The molecule has 1 aromatic rings. The molecule has 4 nitrogen and oxygen atoms in total. The minimum Gasteiger partial charge on any atom is -0.478 e. The van der Waals surface area contributed by atoms with Crippen molar-refractivity contribution < 1.29 is 9.90 Å². The molecule has 1 fully saturated rings. The second-order valence-electron chi connectivity index (χ2n) is 3.98. The van der Waals surface area contributed by atoms with Gasteiger partial charge in [-0.1, -0.05) is 12.8 Å². The highest BCUT2D eigenvalue weighted by molar-refractivity contribution is 5.88. The first-order valence-electron chi connectivity index (χ1n) is 5.17. The Morgan fingerprint density at radius 1 is 1.47 bits per heavy atom. The van der Waals surface area contributed by atoms with Gasteiger partial charge >= 0.3 is 5.97 Å². The molecule has 0 amide bonds. The standard InChI is InChI=1S/C11H14N2O2/c12-9-5-8(11(14)15)6-13-10(9)7-3-1-2-4-7/h5-7H,1-4,12H2,(H,14,15). The molecule has 0 aromatic carbocycles. The lowest BCUT2D eigenvalue weighted by Crippen LogP contribution is -2.06. The lowest BCUT2D eigenvalue weighted by Gasteiger charge is -2.11. The zero-order valence-corrected chi connectivity index (χ0v) is 8.44.